The van der Waals surface area contributed by atoms with Crippen LogP contribution in [0.1, 0.15) is 24.8 Å². The average molecular weight is 300 g/mol. The van der Waals surface area contributed by atoms with Crippen LogP contribution in [0.25, 0.3) is 0 Å². The first-order chi connectivity index (χ1) is 7.72. The Hall–Kier alpha value is -0.0100. The van der Waals surface area contributed by atoms with Crippen molar-refractivity contribution >= 4 is 27.5 Å². The number of hydrogen-bond donors (Lipinski definition) is 0. The molecule has 0 bridgehead atoms. The molecule has 0 amide bonds. The highest BCUT2D eigenvalue weighted by atomic mass is 79.9. The van der Waals surface area contributed by atoms with Crippen molar-refractivity contribution in [3.63, 3.8) is 0 Å². The Morgan fingerprint density at radius 2 is 1.75 bits per heavy atom. The summed E-state index contributed by atoms with van der Waals surface area (Å²) in [5.74, 6) is 2.85. The maximum Gasteiger partial charge on any atom is 0.0404 e. The van der Waals surface area contributed by atoms with E-state index in [0.29, 0.717) is 5.38 Å². The fourth-order valence-electron chi connectivity index (χ4n) is 3.07. The molecule has 3 rings (SSSR count). The summed E-state index contributed by atoms with van der Waals surface area (Å²) in [5.41, 5.74) is 1.36. The highest BCUT2D eigenvalue weighted by Crippen LogP contribution is 2.56. The van der Waals surface area contributed by atoms with Gasteiger partial charge in [-0.1, -0.05) is 28.1 Å². The van der Waals surface area contributed by atoms with E-state index < -0.39 is 0 Å². The van der Waals surface area contributed by atoms with E-state index in [9.17, 15) is 0 Å². The number of rotatable bonds is 3. The van der Waals surface area contributed by atoms with E-state index in [-0.39, 0.29) is 0 Å². The zero-order chi connectivity index (χ0) is 11.1. The zero-order valence-corrected chi connectivity index (χ0v) is 11.5. The van der Waals surface area contributed by atoms with Gasteiger partial charge < -0.3 is 0 Å². The Bertz CT molecular complexity index is 363. The number of benzene rings is 1. The van der Waals surface area contributed by atoms with Gasteiger partial charge in [-0.25, -0.2) is 0 Å². The summed E-state index contributed by atoms with van der Waals surface area (Å²) in [7, 11) is 0. The topological polar surface area (TPSA) is 0 Å². The standard InChI is InChI=1S/C14H16BrCl/c15-13-3-1-9(2-4-13)5-14(16)12-7-10-6-11(10)8-12/h1-4,10-12,14H,5-8H2. The van der Waals surface area contributed by atoms with Crippen molar-refractivity contribution in [1.29, 1.82) is 0 Å². The lowest BCUT2D eigenvalue weighted by Crippen LogP contribution is -2.16. The van der Waals surface area contributed by atoms with Gasteiger partial charge >= 0.3 is 0 Å². The van der Waals surface area contributed by atoms with Crippen LogP contribution in [0.2, 0.25) is 0 Å². The fourth-order valence-corrected chi connectivity index (χ4v) is 3.72. The van der Waals surface area contributed by atoms with Crippen molar-refractivity contribution in [3.8, 4) is 0 Å². The van der Waals surface area contributed by atoms with Crippen LogP contribution in [0.5, 0.6) is 0 Å². The van der Waals surface area contributed by atoms with Crippen LogP contribution in [0.3, 0.4) is 0 Å². The molecule has 0 radical (unpaired) electrons. The van der Waals surface area contributed by atoms with Crippen LogP contribution < -0.4 is 0 Å². The number of alkyl halides is 1. The van der Waals surface area contributed by atoms with Gasteiger partial charge in [0.1, 0.15) is 0 Å². The highest BCUT2D eigenvalue weighted by Gasteiger charge is 2.47. The van der Waals surface area contributed by atoms with E-state index in [4.69, 9.17) is 11.6 Å². The molecular weight excluding hydrogens is 284 g/mol. The second kappa shape index (κ2) is 4.34. The van der Waals surface area contributed by atoms with Gasteiger partial charge in [0.15, 0.2) is 0 Å². The molecule has 2 saturated carbocycles. The third-order valence-corrected chi connectivity index (χ3v) is 5.17. The monoisotopic (exact) mass is 298 g/mol. The first-order valence-electron chi connectivity index (χ1n) is 6.11. The fraction of sp³-hybridized carbons (Fsp3) is 0.571. The third kappa shape index (κ3) is 2.31. The van der Waals surface area contributed by atoms with Crippen molar-refractivity contribution in [1.82, 2.24) is 0 Å². The van der Waals surface area contributed by atoms with Gasteiger partial charge in [-0.05, 0) is 61.1 Å². The lowest BCUT2D eigenvalue weighted by molar-refractivity contribution is 0.460. The van der Waals surface area contributed by atoms with E-state index in [1.54, 1.807) is 0 Å². The molecule has 3 atom stereocenters. The van der Waals surface area contributed by atoms with Crippen LogP contribution >= 0.6 is 27.5 Å². The Balaban J connectivity index is 1.59. The number of hydrogen-bond acceptors (Lipinski definition) is 0. The van der Waals surface area contributed by atoms with E-state index >= 15 is 0 Å². The van der Waals surface area contributed by atoms with Gasteiger partial charge in [-0.2, -0.15) is 0 Å². The van der Waals surface area contributed by atoms with Crippen molar-refractivity contribution in [2.24, 2.45) is 17.8 Å². The van der Waals surface area contributed by atoms with Gasteiger partial charge in [0.2, 0.25) is 0 Å². The molecule has 0 saturated heterocycles. The molecular formula is C14H16BrCl. The molecule has 0 N–H and O–H groups in total. The molecule has 86 valence electrons. The van der Waals surface area contributed by atoms with Crippen molar-refractivity contribution < 1.29 is 0 Å². The van der Waals surface area contributed by atoms with E-state index in [1.807, 2.05) is 0 Å². The summed E-state index contributed by atoms with van der Waals surface area (Å²) >= 11 is 9.99. The smallest absolute Gasteiger partial charge is 0.0404 e. The molecule has 16 heavy (non-hydrogen) atoms. The first kappa shape index (κ1) is 11.1. The largest absolute Gasteiger partial charge is 0.122 e. The Kier molecular flexibility index (Phi) is 3.01. The predicted octanol–water partition coefficient (Wildman–Crippen LogP) is 4.65. The molecule has 2 fully saturated rings. The SMILES string of the molecule is ClC(Cc1ccc(Br)cc1)C1CC2CC2C1. The normalized spacial score (nSPS) is 33.5. The summed E-state index contributed by atoms with van der Waals surface area (Å²) in [6, 6.07) is 8.56. The highest BCUT2D eigenvalue weighted by molar-refractivity contribution is 9.10. The maximum absolute atomic E-state index is 6.54. The number of fused-ring (bicyclic) bond motifs is 1. The minimum Gasteiger partial charge on any atom is -0.122 e. The molecule has 2 aliphatic rings. The molecule has 0 spiro atoms. The van der Waals surface area contributed by atoms with Crippen molar-refractivity contribution in [2.45, 2.75) is 31.1 Å². The van der Waals surface area contributed by atoms with E-state index in [0.717, 1.165) is 28.6 Å². The van der Waals surface area contributed by atoms with Crippen molar-refractivity contribution in [3.05, 3.63) is 34.3 Å². The van der Waals surface area contributed by atoms with Crippen molar-refractivity contribution in [2.75, 3.05) is 0 Å². The van der Waals surface area contributed by atoms with Gasteiger partial charge in [0.05, 0.1) is 0 Å². The molecule has 0 aliphatic heterocycles. The summed E-state index contributed by atoms with van der Waals surface area (Å²) in [6.45, 7) is 0. The van der Waals surface area contributed by atoms with Gasteiger partial charge in [-0.3, -0.25) is 0 Å². The quantitative estimate of drug-likeness (QED) is 0.713. The first-order valence-corrected chi connectivity index (χ1v) is 7.34. The molecule has 3 unspecified atom stereocenters. The minimum atomic E-state index is 0.342. The van der Waals surface area contributed by atoms with Crippen LogP contribution in [0.15, 0.2) is 28.7 Å². The Morgan fingerprint density at radius 1 is 1.12 bits per heavy atom. The Labute approximate surface area is 111 Å². The van der Waals surface area contributed by atoms with Crippen LogP contribution in [0, 0.1) is 17.8 Å². The molecule has 1 aromatic carbocycles. The van der Waals surface area contributed by atoms with Gasteiger partial charge in [-0.15, -0.1) is 11.6 Å². The molecule has 0 aromatic heterocycles. The molecule has 1 aromatic rings. The molecule has 0 heterocycles. The minimum absolute atomic E-state index is 0.342. The molecule has 2 heteroatoms. The van der Waals surface area contributed by atoms with Crippen LogP contribution in [-0.2, 0) is 6.42 Å². The predicted molar refractivity (Wildman–Crippen MR) is 71.8 cm³/mol. The van der Waals surface area contributed by atoms with Crippen LogP contribution in [0.4, 0.5) is 0 Å². The Morgan fingerprint density at radius 3 is 2.38 bits per heavy atom. The van der Waals surface area contributed by atoms with Gasteiger partial charge in [0.25, 0.3) is 0 Å². The van der Waals surface area contributed by atoms with E-state index in [1.165, 1.54) is 24.8 Å². The lowest BCUT2D eigenvalue weighted by Gasteiger charge is -2.18. The zero-order valence-electron chi connectivity index (χ0n) is 9.20. The number of halogens is 2. The second-order valence-electron chi connectivity index (χ2n) is 5.33. The average Bonchev–Trinajstić information content (AvgIpc) is 2.89. The van der Waals surface area contributed by atoms with Crippen LogP contribution in [-0.4, -0.2) is 5.38 Å². The summed E-state index contributed by atoms with van der Waals surface area (Å²) < 4.78 is 1.14. The maximum atomic E-state index is 6.54. The third-order valence-electron chi connectivity index (χ3n) is 4.14. The van der Waals surface area contributed by atoms with E-state index in [2.05, 4.69) is 40.2 Å². The summed E-state index contributed by atoms with van der Waals surface area (Å²) in [4.78, 5) is 0. The second-order valence-corrected chi connectivity index (χ2v) is 6.81. The lowest BCUT2D eigenvalue weighted by atomic mass is 9.94. The summed E-state index contributed by atoms with van der Waals surface area (Å²) in [6.07, 6.45) is 5.28. The van der Waals surface area contributed by atoms with Gasteiger partial charge in [0, 0.05) is 9.85 Å². The molecule has 0 nitrogen and oxygen atoms in total. The summed E-state index contributed by atoms with van der Waals surface area (Å²) in [5, 5.41) is 0.342. The molecule has 2 aliphatic carbocycles.